The second-order valence-corrected chi connectivity index (χ2v) is 5.28. The highest BCUT2D eigenvalue weighted by Gasteiger charge is 2.19. The summed E-state index contributed by atoms with van der Waals surface area (Å²) in [4.78, 5) is 0. The van der Waals surface area contributed by atoms with Gasteiger partial charge in [-0.1, -0.05) is 30.3 Å². The van der Waals surface area contributed by atoms with E-state index in [0.29, 0.717) is 29.0 Å². The highest BCUT2D eigenvalue weighted by atomic mass is 79.9. The molecular weight excluding hydrogens is 339 g/mol. The maximum Gasteiger partial charge on any atom is 0.143 e. The van der Waals surface area contributed by atoms with Crippen molar-refractivity contribution in [2.24, 2.45) is 0 Å². The largest absolute Gasteiger partial charge is 0.491 e. The molecule has 0 spiro atoms. The van der Waals surface area contributed by atoms with Crippen molar-refractivity contribution in [1.82, 2.24) is 0 Å². The van der Waals surface area contributed by atoms with E-state index in [0.717, 1.165) is 0 Å². The number of aliphatic hydroxyl groups is 1. The summed E-state index contributed by atoms with van der Waals surface area (Å²) in [7, 11) is 1.58. The van der Waals surface area contributed by atoms with E-state index < -0.39 is 11.9 Å². The standard InChI is InChI=1S/C16H16BrFO3/c1-20-9-10-21-14-8-3-2-5-11(14)16(19)12-6-4-7-13(17)15(12)18/h2-8,16,19H,9-10H2,1H3. The minimum absolute atomic E-state index is 0.201. The summed E-state index contributed by atoms with van der Waals surface area (Å²) in [5.41, 5.74) is 0.720. The van der Waals surface area contributed by atoms with Gasteiger partial charge in [0.2, 0.25) is 0 Å². The Labute approximate surface area is 131 Å². The van der Waals surface area contributed by atoms with Gasteiger partial charge in [0.1, 0.15) is 24.3 Å². The van der Waals surface area contributed by atoms with Crippen LogP contribution in [0, 0.1) is 5.82 Å². The van der Waals surface area contributed by atoms with Crippen molar-refractivity contribution in [3.05, 3.63) is 63.9 Å². The van der Waals surface area contributed by atoms with E-state index in [4.69, 9.17) is 9.47 Å². The number of para-hydroxylation sites is 1. The summed E-state index contributed by atoms with van der Waals surface area (Å²) in [6.07, 6.45) is -1.10. The lowest BCUT2D eigenvalue weighted by Crippen LogP contribution is -2.09. The van der Waals surface area contributed by atoms with Gasteiger partial charge in [-0.3, -0.25) is 0 Å². The normalized spacial score (nSPS) is 12.2. The van der Waals surface area contributed by atoms with Crippen LogP contribution < -0.4 is 4.74 Å². The van der Waals surface area contributed by atoms with Crippen LogP contribution in [0.25, 0.3) is 0 Å². The number of aliphatic hydroxyl groups excluding tert-OH is 1. The number of benzene rings is 2. The summed E-state index contributed by atoms with van der Waals surface area (Å²) in [6.45, 7) is 0.802. The molecule has 0 amide bonds. The molecule has 3 nitrogen and oxygen atoms in total. The minimum atomic E-state index is -1.10. The average Bonchev–Trinajstić information content (AvgIpc) is 2.50. The summed E-state index contributed by atoms with van der Waals surface area (Å²) >= 11 is 3.12. The Balaban J connectivity index is 2.30. The van der Waals surface area contributed by atoms with Crippen molar-refractivity contribution >= 4 is 15.9 Å². The predicted octanol–water partition coefficient (Wildman–Crippen LogP) is 3.70. The second kappa shape index (κ2) is 7.54. The van der Waals surface area contributed by atoms with E-state index in [1.165, 1.54) is 0 Å². The molecular formula is C16H16BrFO3. The first-order chi connectivity index (χ1) is 10.1. The van der Waals surface area contributed by atoms with Crippen LogP contribution in [0.2, 0.25) is 0 Å². The van der Waals surface area contributed by atoms with E-state index >= 15 is 0 Å². The van der Waals surface area contributed by atoms with Crippen LogP contribution in [0.1, 0.15) is 17.2 Å². The Bertz CT molecular complexity index is 604. The van der Waals surface area contributed by atoms with Gasteiger partial charge in [-0.25, -0.2) is 4.39 Å². The summed E-state index contributed by atoms with van der Waals surface area (Å²) < 4.78 is 24.9. The van der Waals surface area contributed by atoms with Gasteiger partial charge in [0.15, 0.2) is 0 Å². The monoisotopic (exact) mass is 354 g/mol. The molecule has 0 saturated heterocycles. The van der Waals surface area contributed by atoms with Gasteiger partial charge in [0, 0.05) is 18.2 Å². The first kappa shape index (κ1) is 15.9. The van der Waals surface area contributed by atoms with Crippen LogP contribution in [-0.4, -0.2) is 25.4 Å². The molecule has 0 heterocycles. The highest BCUT2D eigenvalue weighted by molar-refractivity contribution is 9.10. The molecule has 0 aliphatic heterocycles. The second-order valence-electron chi connectivity index (χ2n) is 4.42. The molecule has 112 valence electrons. The molecule has 1 N–H and O–H groups in total. The molecule has 2 aromatic rings. The minimum Gasteiger partial charge on any atom is -0.491 e. The third kappa shape index (κ3) is 3.81. The van der Waals surface area contributed by atoms with Gasteiger partial charge in [-0.15, -0.1) is 0 Å². The summed E-state index contributed by atoms with van der Waals surface area (Å²) in [6, 6.07) is 11.9. The Morgan fingerprint density at radius 2 is 1.81 bits per heavy atom. The lowest BCUT2D eigenvalue weighted by atomic mass is 10.0. The smallest absolute Gasteiger partial charge is 0.143 e. The third-order valence-corrected chi connectivity index (χ3v) is 3.65. The number of halogens is 2. The first-order valence-corrected chi connectivity index (χ1v) is 7.27. The molecule has 2 rings (SSSR count). The van der Waals surface area contributed by atoms with E-state index in [2.05, 4.69) is 15.9 Å². The lowest BCUT2D eigenvalue weighted by Gasteiger charge is -2.17. The van der Waals surface area contributed by atoms with Crippen LogP contribution in [0.5, 0.6) is 5.75 Å². The molecule has 0 saturated carbocycles. The zero-order valence-corrected chi connectivity index (χ0v) is 13.1. The maximum absolute atomic E-state index is 14.1. The number of hydrogen-bond donors (Lipinski definition) is 1. The van der Waals surface area contributed by atoms with Crippen molar-refractivity contribution in [2.75, 3.05) is 20.3 Å². The van der Waals surface area contributed by atoms with Gasteiger partial charge >= 0.3 is 0 Å². The fourth-order valence-corrected chi connectivity index (χ4v) is 2.35. The van der Waals surface area contributed by atoms with Crippen LogP contribution in [-0.2, 0) is 4.74 Å². The van der Waals surface area contributed by atoms with Crippen LogP contribution >= 0.6 is 15.9 Å². The summed E-state index contributed by atoms with van der Waals surface area (Å²) in [5, 5.41) is 10.5. The number of ether oxygens (including phenoxy) is 2. The highest BCUT2D eigenvalue weighted by Crippen LogP contribution is 2.33. The first-order valence-electron chi connectivity index (χ1n) is 6.47. The molecule has 2 aromatic carbocycles. The number of methoxy groups -OCH3 is 1. The average molecular weight is 355 g/mol. The maximum atomic E-state index is 14.1. The zero-order valence-electron chi connectivity index (χ0n) is 11.6. The van der Waals surface area contributed by atoms with E-state index in [9.17, 15) is 9.50 Å². The third-order valence-electron chi connectivity index (χ3n) is 3.03. The SMILES string of the molecule is COCCOc1ccccc1C(O)c1cccc(Br)c1F. The fraction of sp³-hybridized carbons (Fsp3) is 0.250. The fourth-order valence-electron chi connectivity index (χ4n) is 1.97. The van der Waals surface area contributed by atoms with Gasteiger partial charge in [0.05, 0.1) is 11.1 Å². The van der Waals surface area contributed by atoms with Crippen molar-refractivity contribution in [3.8, 4) is 5.75 Å². The molecule has 5 heteroatoms. The number of hydrogen-bond acceptors (Lipinski definition) is 3. The summed E-state index contributed by atoms with van der Waals surface area (Å²) in [5.74, 6) is 0.0399. The van der Waals surface area contributed by atoms with E-state index in [1.54, 1.807) is 49.6 Å². The van der Waals surface area contributed by atoms with Gasteiger partial charge in [-0.05, 0) is 28.1 Å². The van der Waals surface area contributed by atoms with Gasteiger partial charge in [-0.2, -0.15) is 0 Å². The van der Waals surface area contributed by atoms with Gasteiger partial charge in [0.25, 0.3) is 0 Å². The quantitative estimate of drug-likeness (QED) is 0.804. The molecule has 0 bridgehead atoms. The molecule has 0 aliphatic carbocycles. The predicted molar refractivity (Wildman–Crippen MR) is 82.0 cm³/mol. The van der Waals surface area contributed by atoms with Crippen LogP contribution in [0.15, 0.2) is 46.9 Å². The van der Waals surface area contributed by atoms with Crippen molar-refractivity contribution in [2.45, 2.75) is 6.10 Å². The molecule has 0 aromatic heterocycles. The molecule has 1 atom stereocenters. The Morgan fingerprint density at radius 3 is 2.57 bits per heavy atom. The van der Waals surface area contributed by atoms with Crippen molar-refractivity contribution < 1.29 is 19.0 Å². The molecule has 0 radical (unpaired) electrons. The van der Waals surface area contributed by atoms with E-state index in [-0.39, 0.29) is 5.56 Å². The molecule has 1 unspecified atom stereocenters. The van der Waals surface area contributed by atoms with Crippen molar-refractivity contribution in [3.63, 3.8) is 0 Å². The van der Waals surface area contributed by atoms with Crippen molar-refractivity contribution in [1.29, 1.82) is 0 Å². The lowest BCUT2D eigenvalue weighted by molar-refractivity contribution is 0.142. The van der Waals surface area contributed by atoms with Crippen LogP contribution in [0.3, 0.4) is 0 Å². The topological polar surface area (TPSA) is 38.7 Å². The molecule has 0 aliphatic rings. The Kier molecular flexibility index (Phi) is 5.73. The van der Waals surface area contributed by atoms with Gasteiger partial charge < -0.3 is 14.6 Å². The molecule has 0 fully saturated rings. The Hall–Kier alpha value is -1.43. The zero-order chi connectivity index (χ0) is 15.2. The van der Waals surface area contributed by atoms with Crippen LogP contribution in [0.4, 0.5) is 4.39 Å². The number of rotatable bonds is 6. The Morgan fingerprint density at radius 1 is 1.10 bits per heavy atom. The molecule has 21 heavy (non-hydrogen) atoms. The van der Waals surface area contributed by atoms with E-state index in [1.807, 2.05) is 0 Å².